The highest BCUT2D eigenvalue weighted by molar-refractivity contribution is 9.10. The highest BCUT2D eigenvalue weighted by atomic mass is 79.9. The topological polar surface area (TPSA) is 51.1 Å². The van der Waals surface area contributed by atoms with E-state index >= 15 is 0 Å². The lowest BCUT2D eigenvalue weighted by atomic mass is 9.85. The Morgan fingerprint density at radius 1 is 1.19 bits per heavy atom. The van der Waals surface area contributed by atoms with Crippen LogP contribution in [0.4, 0.5) is 13.2 Å². The van der Waals surface area contributed by atoms with Gasteiger partial charge in [-0.25, -0.2) is 4.79 Å². The molecule has 0 bridgehead atoms. The number of methoxy groups -OCH3 is 1. The molecule has 1 fully saturated rings. The number of halogens is 4. The molecule has 2 aliphatic rings. The molecule has 0 unspecified atom stereocenters. The number of benzene rings is 2. The summed E-state index contributed by atoms with van der Waals surface area (Å²) in [6.45, 7) is 1.84. The molecule has 32 heavy (non-hydrogen) atoms. The summed E-state index contributed by atoms with van der Waals surface area (Å²) < 4.78 is 44.5. The van der Waals surface area contributed by atoms with Crippen LogP contribution < -0.4 is 0 Å². The lowest BCUT2D eigenvalue weighted by Crippen LogP contribution is -2.44. The van der Waals surface area contributed by atoms with Crippen LogP contribution in [0.15, 0.2) is 52.1 Å². The van der Waals surface area contributed by atoms with E-state index in [1.807, 2.05) is 12.1 Å². The zero-order valence-electron chi connectivity index (χ0n) is 17.4. The van der Waals surface area contributed by atoms with Crippen molar-refractivity contribution < 1.29 is 27.5 Å². The summed E-state index contributed by atoms with van der Waals surface area (Å²) in [7, 11) is 1.34. The first kappa shape index (κ1) is 22.8. The predicted molar refractivity (Wildman–Crippen MR) is 116 cm³/mol. The zero-order chi connectivity index (χ0) is 22.9. The van der Waals surface area contributed by atoms with Crippen LogP contribution >= 0.6 is 15.9 Å². The number of rotatable bonds is 4. The maximum absolute atomic E-state index is 13.1. The van der Waals surface area contributed by atoms with E-state index in [2.05, 4.69) is 26.0 Å². The summed E-state index contributed by atoms with van der Waals surface area (Å²) in [6.07, 6.45) is -2.23. The van der Waals surface area contributed by atoms with Gasteiger partial charge in [0, 0.05) is 43.4 Å². The van der Waals surface area contributed by atoms with Crippen molar-refractivity contribution in [3.63, 3.8) is 0 Å². The molecule has 0 aliphatic carbocycles. The third-order valence-corrected chi connectivity index (χ3v) is 6.79. The molecule has 2 heterocycles. The molecule has 170 valence electrons. The van der Waals surface area contributed by atoms with Gasteiger partial charge in [-0.15, -0.1) is 0 Å². The summed E-state index contributed by atoms with van der Waals surface area (Å²) in [5.41, 5.74) is 1.78. The molecule has 0 atom stereocenters. The van der Waals surface area contributed by atoms with Gasteiger partial charge in [0.1, 0.15) is 5.60 Å². The summed E-state index contributed by atoms with van der Waals surface area (Å²) in [4.78, 5) is 19.6. The summed E-state index contributed by atoms with van der Waals surface area (Å²) in [5.74, 6) is -0.391. The maximum atomic E-state index is 13.1. The van der Waals surface area contributed by atoms with Crippen molar-refractivity contribution >= 4 is 27.6 Å². The van der Waals surface area contributed by atoms with Crippen LogP contribution in [-0.2, 0) is 22.3 Å². The first-order valence-corrected chi connectivity index (χ1v) is 11.0. The smallest absolute Gasteiger partial charge is 0.416 e. The van der Waals surface area contributed by atoms with Crippen LogP contribution in [0.3, 0.4) is 0 Å². The van der Waals surface area contributed by atoms with Crippen molar-refractivity contribution in [2.45, 2.75) is 37.6 Å². The molecule has 5 nitrogen and oxygen atoms in total. The number of carbonyl (C=O) groups is 1. The highest BCUT2D eigenvalue weighted by Crippen LogP contribution is 2.37. The molecule has 0 N–H and O–H groups in total. The second-order valence-electron chi connectivity index (χ2n) is 8.14. The Hall–Kier alpha value is -2.39. The van der Waals surface area contributed by atoms with Crippen molar-refractivity contribution in [1.29, 1.82) is 0 Å². The molecule has 4 rings (SSSR count). The van der Waals surface area contributed by atoms with E-state index < -0.39 is 23.3 Å². The average Bonchev–Trinajstić information content (AvgIpc) is 3.19. The van der Waals surface area contributed by atoms with Crippen molar-refractivity contribution in [1.82, 2.24) is 4.90 Å². The largest absolute Gasteiger partial charge is 0.465 e. The third-order valence-electron chi connectivity index (χ3n) is 6.01. The van der Waals surface area contributed by atoms with Crippen molar-refractivity contribution in [2.75, 3.05) is 20.2 Å². The minimum absolute atomic E-state index is 0.391. The van der Waals surface area contributed by atoms with Crippen LogP contribution in [0, 0.1) is 0 Å². The summed E-state index contributed by atoms with van der Waals surface area (Å²) in [6, 6.07) is 10.8. The lowest BCUT2D eigenvalue weighted by molar-refractivity contribution is -0.137. The second kappa shape index (κ2) is 8.86. The average molecular weight is 511 g/mol. The standard InChI is InChI=1S/C23H22BrF3N2O3/c1-31-21(30)16-4-2-15(3-5-16)20-13-22(32-28-20)8-10-29(11-9-22)14-17-12-18(23(25,26)27)6-7-19(17)24/h2-7,12H,8-11,13-14H2,1H3. The van der Waals surface area contributed by atoms with Gasteiger partial charge in [-0.2, -0.15) is 13.2 Å². The van der Waals surface area contributed by atoms with Gasteiger partial charge in [0.25, 0.3) is 0 Å². The van der Waals surface area contributed by atoms with Crippen molar-refractivity contribution in [3.8, 4) is 0 Å². The molecule has 2 aromatic rings. The number of piperidine rings is 1. The van der Waals surface area contributed by atoms with Crippen molar-refractivity contribution in [3.05, 3.63) is 69.2 Å². The molecule has 9 heteroatoms. The number of esters is 1. The van der Waals surface area contributed by atoms with Gasteiger partial charge < -0.3 is 9.57 Å². The Morgan fingerprint density at radius 3 is 2.50 bits per heavy atom. The molecule has 2 aromatic carbocycles. The SMILES string of the molecule is COC(=O)c1ccc(C2=NOC3(CCN(Cc4cc(C(F)(F)F)ccc4Br)CC3)C2)cc1. The fourth-order valence-electron chi connectivity index (χ4n) is 4.09. The number of ether oxygens (including phenoxy) is 1. The molecule has 1 saturated heterocycles. The molecular weight excluding hydrogens is 489 g/mol. The minimum Gasteiger partial charge on any atom is -0.465 e. The Morgan fingerprint density at radius 2 is 1.88 bits per heavy atom. The number of alkyl halides is 3. The van der Waals surface area contributed by atoms with E-state index in [0.717, 1.165) is 30.2 Å². The molecule has 0 saturated carbocycles. The van der Waals surface area contributed by atoms with E-state index in [0.29, 0.717) is 41.7 Å². The normalized spacial score (nSPS) is 18.3. The van der Waals surface area contributed by atoms with Crippen LogP contribution in [0.25, 0.3) is 0 Å². The zero-order valence-corrected chi connectivity index (χ0v) is 19.0. The Bertz CT molecular complexity index is 1030. The summed E-state index contributed by atoms with van der Waals surface area (Å²) >= 11 is 3.37. The van der Waals surface area contributed by atoms with Gasteiger partial charge in [-0.05, 0) is 41.5 Å². The van der Waals surface area contributed by atoms with Crippen LogP contribution in [0.5, 0.6) is 0 Å². The van der Waals surface area contributed by atoms with Gasteiger partial charge in [0.15, 0.2) is 0 Å². The molecule has 0 aromatic heterocycles. The lowest BCUT2D eigenvalue weighted by Gasteiger charge is -2.37. The number of nitrogens with zero attached hydrogens (tertiary/aromatic N) is 2. The van der Waals surface area contributed by atoms with Gasteiger partial charge in [0.2, 0.25) is 0 Å². The van der Waals surface area contributed by atoms with E-state index in [4.69, 9.17) is 9.57 Å². The monoisotopic (exact) mass is 510 g/mol. The van der Waals surface area contributed by atoms with Gasteiger partial charge in [0.05, 0.1) is 23.9 Å². The van der Waals surface area contributed by atoms with Gasteiger partial charge >= 0.3 is 12.1 Å². The Kier molecular flexibility index (Phi) is 6.31. The number of oxime groups is 1. The molecule has 1 spiro atoms. The first-order chi connectivity index (χ1) is 15.2. The van der Waals surface area contributed by atoms with E-state index in [1.165, 1.54) is 19.2 Å². The van der Waals surface area contributed by atoms with E-state index in [9.17, 15) is 18.0 Å². The van der Waals surface area contributed by atoms with Gasteiger partial charge in [-0.3, -0.25) is 4.90 Å². The number of hydrogen-bond donors (Lipinski definition) is 0. The van der Waals surface area contributed by atoms with Crippen LogP contribution in [0.2, 0.25) is 0 Å². The maximum Gasteiger partial charge on any atom is 0.416 e. The summed E-state index contributed by atoms with van der Waals surface area (Å²) in [5, 5.41) is 4.29. The quantitative estimate of drug-likeness (QED) is 0.515. The number of likely N-dealkylation sites (tertiary alicyclic amines) is 1. The number of carbonyl (C=O) groups excluding carboxylic acids is 1. The fraction of sp³-hybridized carbons (Fsp3) is 0.391. The third kappa shape index (κ3) is 4.83. The first-order valence-electron chi connectivity index (χ1n) is 10.2. The fourth-order valence-corrected chi connectivity index (χ4v) is 4.46. The highest BCUT2D eigenvalue weighted by Gasteiger charge is 2.42. The van der Waals surface area contributed by atoms with Gasteiger partial charge in [-0.1, -0.05) is 33.2 Å². The van der Waals surface area contributed by atoms with Crippen LogP contribution in [0.1, 0.15) is 46.3 Å². The van der Waals surface area contributed by atoms with Crippen LogP contribution in [-0.4, -0.2) is 42.4 Å². The minimum atomic E-state index is -4.36. The Balaban J connectivity index is 1.36. The van der Waals surface area contributed by atoms with E-state index in [-0.39, 0.29) is 0 Å². The van der Waals surface area contributed by atoms with Crippen molar-refractivity contribution in [2.24, 2.45) is 5.16 Å². The molecule has 0 radical (unpaired) electrons. The van der Waals surface area contributed by atoms with E-state index in [1.54, 1.807) is 12.1 Å². The predicted octanol–water partition coefficient (Wildman–Crippen LogP) is 5.41. The second-order valence-corrected chi connectivity index (χ2v) is 8.99. The molecular formula is C23H22BrF3N2O3. The Labute approximate surface area is 192 Å². The number of hydrogen-bond acceptors (Lipinski definition) is 5. The molecule has 0 amide bonds. The molecule has 2 aliphatic heterocycles.